The van der Waals surface area contributed by atoms with Gasteiger partial charge in [-0.1, -0.05) is 12.8 Å². The third-order valence-corrected chi connectivity index (χ3v) is 3.82. The molecule has 0 heterocycles. The summed E-state index contributed by atoms with van der Waals surface area (Å²) in [5.74, 6) is -0.269. The van der Waals surface area contributed by atoms with Gasteiger partial charge in [-0.25, -0.2) is 0 Å². The predicted molar refractivity (Wildman–Crippen MR) is 80.5 cm³/mol. The smallest absolute Gasteiger partial charge is 0.364 e. The number of nitrogens with zero attached hydrogens (tertiary/aromatic N) is 1. The van der Waals surface area contributed by atoms with E-state index >= 15 is 0 Å². The normalized spacial score (nSPS) is 16.6. The van der Waals surface area contributed by atoms with E-state index in [0.717, 1.165) is 12.8 Å². The van der Waals surface area contributed by atoms with Crippen LogP contribution in [0.4, 0.5) is 32.0 Å². The quantitative estimate of drug-likeness (QED) is 0.438. The van der Waals surface area contributed by atoms with Crippen LogP contribution in [0.3, 0.4) is 0 Å². The summed E-state index contributed by atoms with van der Waals surface area (Å²) in [5.41, 5.74) is -3.56. The molecular formula is C15H15F6N3O2. The molecule has 26 heavy (non-hydrogen) atoms. The van der Waals surface area contributed by atoms with Crippen molar-refractivity contribution in [1.82, 2.24) is 5.32 Å². The molecule has 0 aromatic heterocycles. The minimum Gasteiger partial charge on any atom is -0.364 e. The first kappa shape index (κ1) is 19.9. The number of alkyl halides is 6. The minimum atomic E-state index is -5.00. The van der Waals surface area contributed by atoms with Gasteiger partial charge in [0.05, 0.1) is 16.1 Å². The van der Waals surface area contributed by atoms with Gasteiger partial charge < -0.3 is 10.6 Å². The molecule has 0 unspecified atom stereocenters. The Hall–Kier alpha value is -2.46. The van der Waals surface area contributed by atoms with Crippen LogP contribution in [0.2, 0.25) is 0 Å². The van der Waals surface area contributed by atoms with Gasteiger partial charge in [-0.15, -0.1) is 0 Å². The van der Waals surface area contributed by atoms with Gasteiger partial charge in [-0.2, -0.15) is 26.3 Å². The maximum atomic E-state index is 12.9. The molecule has 1 saturated carbocycles. The molecule has 0 aliphatic heterocycles. The van der Waals surface area contributed by atoms with E-state index in [0.29, 0.717) is 31.2 Å². The van der Waals surface area contributed by atoms with E-state index in [1.54, 1.807) is 0 Å². The number of benzene rings is 1. The maximum Gasteiger partial charge on any atom is 0.416 e. The highest BCUT2D eigenvalue weighted by Gasteiger charge is 2.37. The van der Waals surface area contributed by atoms with Gasteiger partial charge >= 0.3 is 12.4 Å². The third kappa shape index (κ3) is 5.53. The lowest BCUT2D eigenvalue weighted by Crippen LogP contribution is -2.30. The van der Waals surface area contributed by atoms with Gasteiger partial charge in [0.2, 0.25) is 0 Å². The van der Waals surface area contributed by atoms with Gasteiger partial charge in [-0.3, -0.25) is 10.1 Å². The van der Waals surface area contributed by atoms with E-state index in [2.05, 4.69) is 10.6 Å². The average molecular weight is 383 g/mol. The minimum absolute atomic E-state index is 0.00747. The summed E-state index contributed by atoms with van der Waals surface area (Å²) >= 11 is 0. The van der Waals surface area contributed by atoms with Crippen LogP contribution in [-0.4, -0.2) is 11.0 Å². The lowest BCUT2D eigenvalue weighted by atomic mass is 10.1. The highest BCUT2D eigenvalue weighted by atomic mass is 19.4. The Labute approximate surface area is 144 Å². The molecule has 2 N–H and O–H groups in total. The molecule has 0 spiro atoms. The number of nitro groups is 1. The van der Waals surface area contributed by atoms with E-state index in [-0.39, 0.29) is 17.9 Å². The molecule has 1 aliphatic carbocycles. The summed E-state index contributed by atoms with van der Waals surface area (Å²) in [6, 6.07) is 0.798. The highest BCUT2D eigenvalue weighted by molar-refractivity contribution is 5.53. The molecule has 1 fully saturated rings. The van der Waals surface area contributed by atoms with Crippen molar-refractivity contribution in [2.24, 2.45) is 0 Å². The van der Waals surface area contributed by atoms with Crippen molar-refractivity contribution < 1.29 is 31.3 Å². The molecule has 1 aromatic carbocycles. The first-order valence-corrected chi connectivity index (χ1v) is 7.63. The Balaban J connectivity index is 2.35. The molecule has 0 radical (unpaired) electrons. The second-order valence-electron chi connectivity index (χ2n) is 5.87. The number of rotatable bonds is 5. The van der Waals surface area contributed by atoms with Crippen molar-refractivity contribution in [2.75, 3.05) is 5.32 Å². The van der Waals surface area contributed by atoms with Crippen molar-refractivity contribution in [1.29, 1.82) is 0 Å². The summed E-state index contributed by atoms with van der Waals surface area (Å²) < 4.78 is 77.3. The molecule has 0 amide bonds. The van der Waals surface area contributed by atoms with Crippen LogP contribution in [0, 0.1) is 10.1 Å². The van der Waals surface area contributed by atoms with Crippen molar-refractivity contribution in [3.8, 4) is 0 Å². The van der Waals surface area contributed by atoms with Crippen molar-refractivity contribution >= 4 is 5.69 Å². The first-order valence-electron chi connectivity index (χ1n) is 7.63. The van der Waals surface area contributed by atoms with Gasteiger partial charge in [0.15, 0.2) is 5.82 Å². The molecule has 11 heteroatoms. The Kier molecular flexibility index (Phi) is 5.67. The third-order valence-electron chi connectivity index (χ3n) is 3.82. The monoisotopic (exact) mass is 383 g/mol. The number of halogens is 6. The molecular weight excluding hydrogens is 368 g/mol. The van der Waals surface area contributed by atoms with Crippen LogP contribution in [-0.2, 0) is 12.4 Å². The van der Waals surface area contributed by atoms with Crippen LogP contribution < -0.4 is 10.6 Å². The van der Waals surface area contributed by atoms with E-state index in [1.807, 2.05) is 0 Å². The fraction of sp³-hybridized carbons (Fsp3) is 0.467. The molecule has 0 bridgehead atoms. The van der Waals surface area contributed by atoms with Crippen LogP contribution in [0.1, 0.15) is 36.8 Å². The standard InChI is InChI=1S/C15H15F6N3O2/c16-14(17,18)9-5-10(15(19,20)21)7-12(6-9)23-13(8-24(25)26)22-11-3-1-2-4-11/h5-8,11,22-23H,1-4H2/b13-8+. The summed E-state index contributed by atoms with van der Waals surface area (Å²) in [6.45, 7) is 0. The van der Waals surface area contributed by atoms with E-state index in [1.165, 1.54) is 0 Å². The van der Waals surface area contributed by atoms with Crippen LogP contribution in [0.15, 0.2) is 30.2 Å². The Morgan fingerprint density at radius 2 is 1.54 bits per heavy atom. The summed E-state index contributed by atoms with van der Waals surface area (Å²) in [5, 5.41) is 15.7. The molecule has 5 nitrogen and oxygen atoms in total. The maximum absolute atomic E-state index is 12.9. The van der Waals surface area contributed by atoms with E-state index in [9.17, 15) is 36.5 Å². The zero-order chi connectivity index (χ0) is 19.5. The molecule has 144 valence electrons. The Bertz CT molecular complexity index is 661. The molecule has 1 aromatic rings. The van der Waals surface area contributed by atoms with Gasteiger partial charge in [0.1, 0.15) is 0 Å². The lowest BCUT2D eigenvalue weighted by Gasteiger charge is -2.19. The number of anilines is 1. The molecule has 1 aliphatic rings. The van der Waals surface area contributed by atoms with Gasteiger partial charge in [-0.05, 0) is 31.0 Å². The number of nitrogens with one attached hydrogen (secondary N) is 2. The lowest BCUT2D eigenvalue weighted by molar-refractivity contribution is -0.403. The molecule has 2 rings (SSSR count). The molecule has 0 saturated heterocycles. The predicted octanol–water partition coefficient (Wildman–Crippen LogP) is 4.74. The fourth-order valence-electron chi connectivity index (χ4n) is 2.68. The van der Waals surface area contributed by atoms with Crippen LogP contribution in [0.25, 0.3) is 0 Å². The first-order chi connectivity index (χ1) is 11.9. The summed E-state index contributed by atoms with van der Waals surface area (Å²) in [4.78, 5) is 9.87. The van der Waals surface area contributed by atoms with Crippen molar-refractivity contribution in [3.05, 3.63) is 51.5 Å². The van der Waals surface area contributed by atoms with Crippen LogP contribution >= 0.6 is 0 Å². The summed E-state index contributed by atoms with van der Waals surface area (Å²) in [7, 11) is 0. The van der Waals surface area contributed by atoms with Crippen LogP contribution in [0.5, 0.6) is 0 Å². The zero-order valence-electron chi connectivity index (χ0n) is 13.2. The van der Waals surface area contributed by atoms with Crippen molar-refractivity contribution in [3.63, 3.8) is 0 Å². The van der Waals surface area contributed by atoms with Gasteiger partial charge in [0, 0.05) is 11.7 Å². The summed E-state index contributed by atoms with van der Waals surface area (Å²) in [6.07, 6.45) is -6.35. The average Bonchev–Trinajstić information content (AvgIpc) is 2.97. The topological polar surface area (TPSA) is 67.2 Å². The van der Waals surface area contributed by atoms with E-state index < -0.39 is 34.1 Å². The zero-order valence-corrected chi connectivity index (χ0v) is 13.2. The highest BCUT2D eigenvalue weighted by Crippen LogP contribution is 2.37. The Morgan fingerprint density at radius 3 is 1.96 bits per heavy atom. The second-order valence-corrected chi connectivity index (χ2v) is 5.87. The van der Waals surface area contributed by atoms with E-state index in [4.69, 9.17) is 0 Å². The fourth-order valence-corrected chi connectivity index (χ4v) is 2.68. The van der Waals surface area contributed by atoms with Crippen molar-refractivity contribution in [2.45, 2.75) is 44.1 Å². The number of hydrogen-bond donors (Lipinski definition) is 2. The molecule has 0 atom stereocenters. The SMILES string of the molecule is O=[N+]([O-])/C=C(/Nc1cc(C(F)(F)F)cc(C(F)(F)F)c1)NC1CCCC1. The number of hydrogen-bond acceptors (Lipinski definition) is 4. The Morgan fingerprint density at radius 1 is 1.04 bits per heavy atom. The van der Waals surface area contributed by atoms with Gasteiger partial charge in [0.25, 0.3) is 6.20 Å². The largest absolute Gasteiger partial charge is 0.416 e. The second kappa shape index (κ2) is 7.42.